The molecule has 0 aliphatic heterocycles. The average molecular weight is 367 g/mol. The SMILES string of the molecule is Cc1cc(C[C@H](C)n2cnc(-c3ccccc3)c2-c2ccc(C#N)cc2)n[nH]1. The van der Waals surface area contributed by atoms with Crippen LogP contribution in [0.15, 0.2) is 67.0 Å². The quantitative estimate of drug-likeness (QED) is 0.544. The molecule has 5 heteroatoms. The largest absolute Gasteiger partial charge is 0.327 e. The third kappa shape index (κ3) is 3.45. The number of aromatic nitrogens is 4. The van der Waals surface area contributed by atoms with Crippen molar-refractivity contribution in [1.82, 2.24) is 19.7 Å². The van der Waals surface area contributed by atoms with Crippen LogP contribution in [-0.4, -0.2) is 19.7 Å². The third-order valence-electron chi connectivity index (χ3n) is 4.87. The minimum atomic E-state index is 0.179. The van der Waals surface area contributed by atoms with Gasteiger partial charge in [-0.25, -0.2) is 4.98 Å². The summed E-state index contributed by atoms with van der Waals surface area (Å²) in [5.74, 6) is 0. The molecule has 2 aromatic carbocycles. The van der Waals surface area contributed by atoms with E-state index in [1.54, 1.807) is 0 Å². The fourth-order valence-electron chi connectivity index (χ4n) is 3.47. The first kappa shape index (κ1) is 17.7. The number of hydrogen-bond acceptors (Lipinski definition) is 3. The maximum absolute atomic E-state index is 9.12. The highest BCUT2D eigenvalue weighted by atomic mass is 15.1. The van der Waals surface area contributed by atoms with Crippen LogP contribution in [0.2, 0.25) is 0 Å². The lowest BCUT2D eigenvalue weighted by Crippen LogP contribution is -2.09. The molecule has 0 radical (unpaired) electrons. The second kappa shape index (κ2) is 7.53. The lowest BCUT2D eigenvalue weighted by Gasteiger charge is -2.17. The van der Waals surface area contributed by atoms with Gasteiger partial charge in [0.05, 0.1) is 35.0 Å². The molecule has 0 saturated carbocycles. The Bertz CT molecular complexity index is 1110. The van der Waals surface area contributed by atoms with E-state index in [1.165, 1.54) is 0 Å². The van der Waals surface area contributed by atoms with Crippen LogP contribution in [0.5, 0.6) is 0 Å². The number of imidazole rings is 1. The number of nitriles is 1. The van der Waals surface area contributed by atoms with E-state index in [2.05, 4.69) is 46.0 Å². The standard InChI is InChI=1S/C23H21N5/c1-16-12-21(27-26-16)13-17(2)28-15-25-22(19-6-4-3-5-7-19)23(28)20-10-8-18(14-24)9-11-20/h3-12,15,17H,13H2,1-2H3,(H,26,27)/t17-/m0/s1. The summed E-state index contributed by atoms with van der Waals surface area (Å²) in [6.45, 7) is 4.18. The van der Waals surface area contributed by atoms with E-state index in [-0.39, 0.29) is 6.04 Å². The van der Waals surface area contributed by atoms with E-state index >= 15 is 0 Å². The summed E-state index contributed by atoms with van der Waals surface area (Å²) in [4.78, 5) is 4.74. The molecule has 1 N–H and O–H groups in total. The van der Waals surface area contributed by atoms with E-state index in [4.69, 9.17) is 10.2 Å². The van der Waals surface area contributed by atoms with E-state index in [9.17, 15) is 0 Å². The molecule has 0 spiro atoms. The molecule has 138 valence electrons. The van der Waals surface area contributed by atoms with Gasteiger partial charge < -0.3 is 4.57 Å². The van der Waals surface area contributed by atoms with Crippen LogP contribution in [0.3, 0.4) is 0 Å². The van der Waals surface area contributed by atoms with Gasteiger partial charge in [-0.1, -0.05) is 42.5 Å². The van der Waals surface area contributed by atoms with Crippen molar-refractivity contribution in [3.8, 4) is 28.6 Å². The van der Waals surface area contributed by atoms with E-state index in [0.717, 1.165) is 40.3 Å². The minimum absolute atomic E-state index is 0.179. The van der Waals surface area contributed by atoms with Crippen LogP contribution in [-0.2, 0) is 6.42 Å². The summed E-state index contributed by atoms with van der Waals surface area (Å²) in [5, 5.41) is 16.5. The first-order valence-corrected chi connectivity index (χ1v) is 9.29. The summed E-state index contributed by atoms with van der Waals surface area (Å²) in [5.41, 5.74) is 6.85. The zero-order valence-electron chi connectivity index (χ0n) is 15.9. The lowest BCUT2D eigenvalue weighted by molar-refractivity contribution is 0.542. The molecule has 2 aromatic heterocycles. The highest BCUT2D eigenvalue weighted by Gasteiger charge is 2.19. The molecular formula is C23H21N5. The highest BCUT2D eigenvalue weighted by molar-refractivity contribution is 5.79. The van der Waals surface area contributed by atoms with Gasteiger partial charge in [0.25, 0.3) is 0 Å². The molecule has 1 atom stereocenters. The second-order valence-electron chi connectivity index (χ2n) is 7.00. The van der Waals surface area contributed by atoms with Crippen LogP contribution in [0, 0.1) is 18.3 Å². The molecule has 0 saturated heterocycles. The number of aromatic amines is 1. The summed E-state index contributed by atoms with van der Waals surface area (Å²) < 4.78 is 2.20. The Hall–Kier alpha value is -3.65. The Balaban J connectivity index is 1.79. The van der Waals surface area contributed by atoms with Gasteiger partial charge in [0, 0.05) is 29.3 Å². The Labute approximate surface area is 164 Å². The molecule has 0 bridgehead atoms. The minimum Gasteiger partial charge on any atom is -0.327 e. The van der Waals surface area contributed by atoms with Gasteiger partial charge in [-0.2, -0.15) is 10.4 Å². The molecule has 4 rings (SSSR count). The van der Waals surface area contributed by atoms with Crippen LogP contribution < -0.4 is 0 Å². The second-order valence-corrected chi connectivity index (χ2v) is 7.00. The fourth-order valence-corrected chi connectivity index (χ4v) is 3.47. The Morgan fingerprint density at radius 2 is 1.82 bits per heavy atom. The topological polar surface area (TPSA) is 70.3 Å². The maximum Gasteiger partial charge on any atom is 0.0991 e. The van der Waals surface area contributed by atoms with Crippen LogP contribution in [0.4, 0.5) is 0 Å². The zero-order valence-corrected chi connectivity index (χ0v) is 15.9. The number of hydrogen-bond donors (Lipinski definition) is 1. The van der Waals surface area contributed by atoms with Gasteiger partial charge in [-0.3, -0.25) is 5.10 Å². The zero-order chi connectivity index (χ0) is 19.5. The van der Waals surface area contributed by atoms with Gasteiger partial charge in [0.1, 0.15) is 0 Å². The predicted octanol–water partition coefficient (Wildman–Crippen LogP) is 4.92. The van der Waals surface area contributed by atoms with Crippen molar-refractivity contribution in [2.45, 2.75) is 26.3 Å². The number of H-pyrrole nitrogens is 1. The van der Waals surface area contributed by atoms with Crippen molar-refractivity contribution < 1.29 is 0 Å². The van der Waals surface area contributed by atoms with Crippen molar-refractivity contribution in [2.75, 3.05) is 0 Å². The highest BCUT2D eigenvalue weighted by Crippen LogP contribution is 2.34. The van der Waals surface area contributed by atoms with Crippen molar-refractivity contribution in [2.24, 2.45) is 0 Å². The van der Waals surface area contributed by atoms with Gasteiger partial charge in [0.15, 0.2) is 0 Å². The monoisotopic (exact) mass is 367 g/mol. The first-order valence-electron chi connectivity index (χ1n) is 9.29. The summed E-state index contributed by atoms with van der Waals surface area (Å²) >= 11 is 0. The van der Waals surface area contributed by atoms with Gasteiger partial charge in [-0.05, 0) is 32.0 Å². The van der Waals surface area contributed by atoms with Crippen LogP contribution >= 0.6 is 0 Å². The van der Waals surface area contributed by atoms with Crippen molar-refractivity contribution in [3.63, 3.8) is 0 Å². The van der Waals surface area contributed by atoms with Crippen LogP contribution in [0.1, 0.15) is 29.9 Å². The van der Waals surface area contributed by atoms with E-state index in [0.29, 0.717) is 5.56 Å². The van der Waals surface area contributed by atoms with Crippen molar-refractivity contribution in [3.05, 3.63) is 83.9 Å². The maximum atomic E-state index is 9.12. The molecule has 2 heterocycles. The molecule has 4 aromatic rings. The van der Waals surface area contributed by atoms with E-state index in [1.807, 2.05) is 55.7 Å². The lowest BCUT2D eigenvalue weighted by atomic mass is 10.0. The van der Waals surface area contributed by atoms with Crippen molar-refractivity contribution in [1.29, 1.82) is 5.26 Å². The first-order chi connectivity index (χ1) is 13.7. The third-order valence-corrected chi connectivity index (χ3v) is 4.87. The van der Waals surface area contributed by atoms with Crippen LogP contribution in [0.25, 0.3) is 22.5 Å². The Kier molecular flexibility index (Phi) is 4.77. The number of rotatable bonds is 5. The summed E-state index contributed by atoms with van der Waals surface area (Å²) in [6, 6.07) is 22.3. The predicted molar refractivity (Wildman–Crippen MR) is 110 cm³/mol. The fraction of sp³-hybridized carbons (Fsp3) is 0.174. The smallest absolute Gasteiger partial charge is 0.0991 e. The molecule has 28 heavy (non-hydrogen) atoms. The molecule has 0 aliphatic carbocycles. The number of nitrogens with one attached hydrogen (secondary N) is 1. The van der Waals surface area contributed by atoms with Crippen molar-refractivity contribution >= 4 is 0 Å². The molecule has 0 amide bonds. The number of benzene rings is 2. The normalized spacial score (nSPS) is 11.9. The summed E-state index contributed by atoms with van der Waals surface area (Å²) in [7, 11) is 0. The number of aryl methyl sites for hydroxylation is 1. The molecule has 0 fully saturated rings. The Morgan fingerprint density at radius 1 is 1.07 bits per heavy atom. The molecule has 5 nitrogen and oxygen atoms in total. The number of nitrogens with zero attached hydrogens (tertiary/aromatic N) is 4. The van der Waals surface area contributed by atoms with Gasteiger partial charge in [0.2, 0.25) is 0 Å². The van der Waals surface area contributed by atoms with Gasteiger partial charge >= 0.3 is 0 Å². The molecular weight excluding hydrogens is 346 g/mol. The molecule has 0 aliphatic rings. The van der Waals surface area contributed by atoms with Gasteiger partial charge in [-0.15, -0.1) is 0 Å². The average Bonchev–Trinajstić information content (AvgIpc) is 3.35. The van der Waals surface area contributed by atoms with E-state index < -0.39 is 0 Å². The molecule has 0 unspecified atom stereocenters. The Morgan fingerprint density at radius 3 is 2.46 bits per heavy atom. The summed E-state index contributed by atoms with van der Waals surface area (Å²) in [6.07, 6.45) is 2.71.